The molecule has 1 amide bonds. The van der Waals surface area contributed by atoms with Gasteiger partial charge >= 0.3 is 0 Å². The minimum Gasteiger partial charge on any atom is -0.463 e. The number of hydrogen-bond acceptors (Lipinski definition) is 5. The van der Waals surface area contributed by atoms with Crippen molar-refractivity contribution < 1.29 is 9.21 Å². The van der Waals surface area contributed by atoms with Crippen LogP contribution in [-0.4, -0.2) is 46.9 Å². The van der Waals surface area contributed by atoms with E-state index in [2.05, 4.69) is 9.88 Å². The Bertz CT molecular complexity index is 613. The Morgan fingerprint density at radius 1 is 1.36 bits per heavy atom. The van der Waals surface area contributed by atoms with Crippen molar-refractivity contribution in [1.29, 1.82) is 0 Å². The number of carbonyl (C=O) groups excluding carboxylic acids is 1. The Hall–Kier alpha value is -1.66. The third-order valence-corrected chi connectivity index (χ3v) is 4.70. The molecule has 0 aliphatic carbocycles. The van der Waals surface area contributed by atoms with Gasteiger partial charge in [0.1, 0.15) is 10.7 Å². The van der Waals surface area contributed by atoms with Crippen molar-refractivity contribution in [3.63, 3.8) is 0 Å². The summed E-state index contributed by atoms with van der Waals surface area (Å²) in [5, 5.41) is 3.13. The summed E-state index contributed by atoms with van der Waals surface area (Å²) < 4.78 is 5.37. The number of piperazine rings is 1. The van der Waals surface area contributed by atoms with E-state index in [-0.39, 0.29) is 11.8 Å². The first-order valence-electron chi connectivity index (χ1n) is 7.63. The summed E-state index contributed by atoms with van der Waals surface area (Å²) in [6.45, 7) is 8.21. The standard InChI is InChI=1S/C16H21N3O2S/c1-12(2)16(20)19-7-5-18(6-8-19)10-15-17-13(11-22-15)14-4-3-9-21-14/h3-4,9,11-12H,5-8,10H2,1-2H3. The third-order valence-electron chi connectivity index (χ3n) is 3.86. The second-order valence-corrected chi connectivity index (χ2v) is 6.80. The van der Waals surface area contributed by atoms with Gasteiger partial charge in [0.2, 0.25) is 5.91 Å². The molecular weight excluding hydrogens is 298 g/mol. The zero-order chi connectivity index (χ0) is 15.5. The molecule has 1 saturated heterocycles. The Morgan fingerprint density at radius 2 is 2.14 bits per heavy atom. The highest BCUT2D eigenvalue weighted by atomic mass is 32.1. The zero-order valence-electron chi connectivity index (χ0n) is 13.0. The number of hydrogen-bond donors (Lipinski definition) is 0. The molecule has 0 N–H and O–H groups in total. The topological polar surface area (TPSA) is 49.6 Å². The van der Waals surface area contributed by atoms with Crippen LogP contribution in [0, 0.1) is 5.92 Å². The number of amides is 1. The van der Waals surface area contributed by atoms with E-state index in [1.807, 2.05) is 36.3 Å². The third kappa shape index (κ3) is 3.39. The second kappa shape index (κ2) is 6.62. The van der Waals surface area contributed by atoms with Crippen molar-refractivity contribution >= 4 is 17.2 Å². The lowest BCUT2D eigenvalue weighted by Gasteiger charge is -2.35. The molecule has 3 rings (SSSR count). The van der Waals surface area contributed by atoms with E-state index in [0.717, 1.165) is 49.2 Å². The molecule has 6 heteroatoms. The van der Waals surface area contributed by atoms with Crippen LogP contribution >= 0.6 is 11.3 Å². The number of thiazole rings is 1. The molecule has 1 aliphatic rings. The summed E-state index contributed by atoms with van der Waals surface area (Å²) in [7, 11) is 0. The van der Waals surface area contributed by atoms with Crippen molar-refractivity contribution in [3.8, 4) is 11.5 Å². The van der Waals surface area contributed by atoms with Crippen LogP contribution in [0.4, 0.5) is 0 Å². The smallest absolute Gasteiger partial charge is 0.225 e. The number of rotatable bonds is 4. The Morgan fingerprint density at radius 3 is 2.77 bits per heavy atom. The average molecular weight is 319 g/mol. The van der Waals surface area contributed by atoms with Crippen LogP contribution in [0.25, 0.3) is 11.5 Å². The maximum Gasteiger partial charge on any atom is 0.225 e. The van der Waals surface area contributed by atoms with Gasteiger partial charge in [-0.2, -0.15) is 0 Å². The molecule has 2 aromatic rings. The van der Waals surface area contributed by atoms with Gasteiger partial charge in [0.05, 0.1) is 12.8 Å². The average Bonchev–Trinajstić information content (AvgIpc) is 3.18. The molecule has 0 aromatic carbocycles. The highest BCUT2D eigenvalue weighted by Gasteiger charge is 2.23. The van der Waals surface area contributed by atoms with E-state index in [9.17, 15) is 4.79 Å². The first-order valence-corrected chi connectivity index (χ1v) is 8.51. The molecule has 0 saturated carbocycles. The summed E-state index contributed by atoms with van der Waals surface area (Å²) in [6.07, 6.45) is 1.67. The zero-order valence-corrected chi connectivity index (χ0v) is 13.8. The van der Waals surface area contributed by atoms with Crippen LogP contribution in [0.15, 0.2) is 28.2 Å². The van der Waals surface area contributed by atoms with Gasteiger partial charge in [0, 0.05) is 37.5 Å². The quantitative estimate of drug-likeness (QED) is 0.869. The summed E-state index contributed by atoms with van der Waals surface area (Å²) in [4.78, 5) is 20.9. The first-order chi connectivity index (χ1) is 10.6. The Balaban J connectivity index is 1.54. The molecule has 1 fully saturated rings. The van der Waals surface area contributed by atoms with Crippen molar-refractivity contribution in [2.24, 2.45) is 5.92 Å². The van der Waals surface area contributed by atoms with Gasteiger partial charge in [-0.25, -0.2) is 4.98 Å². The number of aromatic nitrogens is 1. The molecule has 0 bridgehead atoms. The number of furan rings is 1. The largest absolute Gasteiger partial charge is 0.463 e. The van der Waals surface area contributed by atoms with E-state index in [4.69, 9.17) is 4.42 Å². The van der Waals surface area contributed by atoms with Crippen molar-refractivity contribution in [2.75, 3.05) is 26.2 Å². The van der Waals surface area contributed by atoms with E-state index >= 15 is 0 Å². The SMILES string of the molecule is CC(C)C(=O)N1CCN(Cc2nc(-c3ccco3)cs2)CC1. The molecular formula is C16H21N3O2S. The van der Waals surface area contributed by atoms with Crippen molar-refractivity contribution in [1.82, 2.24) is 14.8 Å². The minimum atomic E-state index is 0.0846. The molecule has 0 radical (unpaired) electrons. The van der Waals surface area contributed by atoms with Crippen molar-refractivity contribution in [2.45, 2.75) is 20.4 Å². The highest BCUT2D eigenvalue weighted by molar-refractivity contribution is 7.09. The monoisotopic (exact) mass is 319 g/mol. The molecule has 0 unspecified atom stereocenters. The van der Waals surface area contributed by atoms with Crippen LogP contribution in [0.1, 0.15) is 18.9 Å². The summed E-state index contributed by atoms with van der Waals surface area (Å²) in [6, 6.07) is 3.80. The lowest BCUT2D eigenvalue weighted by molar-refractivity contribution is -0.136. The van der Waals surface area contributed by atoms with E-state index in [0.29, 0.717) is 0 Å². The summed E-state index contributed by atoms with van der Waals surface area (Å²) in [5.41, 5.74) is 0.902. The molecule has 118 valence electrons. The summed E-state index contributed by atoms with van der Waals surface area (Å²) in [5.74, 6) is 1.16. The van der Waals surface area contributed by atoms with Gasteiger partial charge in [-0.15, -0.1) is 11.3 Å². The highest BCUT2D eigenvalue weighted by Crippen LogP contribution is 2.23. The Labute approximate surface area is 134 Å². The summed E-state index contributed by atoms with van der Waals surface area (Å²) >= 11 is 1.66. The predicted octanol–water partition coefficient (Wildman–Crippen LogP) is 2.70. The molecule has 2 aromatic heterocycles. The van der Waals surface area contributed by atoms with Crippen molar-refractivity contribution in [3.05, 3.63) is 28.8 Å². The van der Waals surface area contributed by atoms with E-state index in [1.54, 1.807) is 17.6 Å². The number of carbonyl (C=O) groups is 1. The van der Waals surface area contributed by atoms with Crippen LogP contribution in [-0.2, 0) is 11.3 Å². The van der Waals surface area contributed by atoms with Gasteiger partial charge in [-0.1, -0.05) is 13.8 Å². The molecule has 0 atom stereocenters. The first kappa shape index (κ1) is 15.2. The van der Waals surface area contributed by atoms with Gasteiger partial charge in [-0.3, -0.25) is 9.69 Å². The van der Waals surface area contributed by atoms with Gasteiger partial charge < -0.3 is 9.32 Å². The van der Waals surface area contributed by atoms with Crippen LogP contribution in [0.5, 0.6) is 0 Å². The lowest BCUT2D eigenvalue weighted by atomic mass is 10.1. The fraction of sp³-hybridized carbons (Fsp3) is 0.500. The maximum atomic E-state index is 12.0. The normalized spacial score (nSPS) is 16.4. The molecule has 0 spiro atoms. The molecule has 22 heavy (non-hydrogen) atoms. The van der Waals surface area contributed by atoms with E-state index in [1.165, 1.54) is 0 Å². The molecule has 5 nitrogen and oxygen atoms in total. The maximum absolute atomic E-state index is 12.0. The van der Waals surface area contributed by atoms with Crippen LogP contribution in [0.2, 0.25) is 0 Å². The Kier molecular flexibility index (Phi) is 4.59. The fourth-order valence-electron chi connectivity index (χ4n) is 2.60. The second-order valence-electron chi connectivity index (χ2n) is 5.86. The van der Waals surface area contributed by atoms with Gasteiger partial charge in [0.25, 0.3) is 0 Å². The van der Waals surface area contributed by atoms with Gasteiger partial charge in [0.15, 0.2) is 5.76 Å². The van der Waals surface area contributed by atoms with E-state index < -0.39 is 0 Å². The van der Waals surface area contributed by atoms with Crippen LogP contribution < -0.4 is 0 Å². The fourth-order valence-corrected chi connectivity index (χ4v) is 3.43. The molecule has 3 heterocycles. The predicted molar refractivity (Wildman–Crippen MR) is 86.5 cm³/mol. The van der Waals surface area contributed by atoms with Crippen LogP contribution in [0.3, 0.4) is 0 Å². The minimum absolute atomic E-state index is 0.0846. The number of nitrogens with zero attached hydrogens (tertiary/aromatic N) is 3. The lowest BCUT2D eigenvalue weighted by Crippen LogP contribution is -2.49. The van der Waals surface area contributed by atoms with Gasteiger partial charge in [-0.05, 0) is 12.1 Å². The molecule has 1 aliphatic heterocycles.